The summed E-state index contributed by atoms with van der Waals surface area (Å²) in [5.74, 6) is 0.664. The van der Waals surface area contributed by atoms with E-state index in [2.05, 4.69) is 129 Å². The fraction of sp³-hybridized carbons (Fsp3) is 0.410. The summed E-state index contributed by atoms with van der Waals surface area (Å²) in [5.41, 5.74) is 9.77. The maximum atomic E-state index is 8.36. The molecule has 0 spiro atoms. The Balaban J connectivity index is 0.000000997. The van der Waals surface area contributed by atoms with Crippen LogP contribution in [0.5, 0.6) is 0 Å². The van der Waals surface area contributed by atoms with Gasteiger partial charge in [-0.2, -0.15) is 0 Å². The largest absolute Gasteiger partial charge is 0.483 e. The monoisotopic (exact) mass is 612 g/mol. The van der Waals surface area contributed by atoms with Crippen molar-refractivity contribution in [3.05, 3.63) is 111 Å². The molecule has 0 saturated carbocycles. The normalized spacial score (nSPS) is 14.2. The average molecular weight is 613 g/mol. The zero-order valence-electron chi connectivity index (χ0n) is 27.8. The van der Waals surface area contributed by atoms with Crippen LogP contribution in [0.2, 0.25) is 0 Å². The first-order valence-corrected chi connectivity index (χ1v) is 17.2. The minimum atomic E-state index is -0.250. The molecule has 0 bridgehead atoms. The van der Waals surface area contributed by atoms with E-state index < -0.39 is 0 Å². The predicted molar refractivity (Wildman–Crippen MR) is 190 cm³/mol. The van der Waals surface area contributed by atoms with Crippen LogP contribution in [0.3, 0.4) is 0 Å². The van der Waals surface area contributed by atoms with E-state index in [1.165, 1.54) is 56.8 Å². The number of benzene rings is 3. The predicted octanol–water partition coefficient (Wildman–Crippen LogP) is 10.4. The second-order valence-electron chi connectivity index (χ2n) is 11.7. The number of carboxylic acid groups (broad SMARTS) is 1. The molecule has 236 valence electrons. The highest BCUT2D eigenvalue weighted by Gasteiger charge is 2.23. The quantitative estimate of drug-likeness (QED) is 0.181. The van der Waals surface area contributed by atoms with E-state index in [-0.39, 0.29) is 6.47 Å². The van der Waals surface area contributed by atoms with E-state index in [9.17, 15) is 0 Å². The van der Waals surface area contributed by atoms with Gasteiger partial charge in [0.05, 0.1) is 0 Å². The average Bonchev–Trinajstić information content (AvgIpc) is 3.51. The van der Waals surface area contributed by atoms with Crippen LogP contribution in [0.4, 0.5) is 5.69 Å². The summed E-state index contributed by atoms with van der Waals surface area (Å²) in [7, 11) is 0. The molecular weight excluding hydrogens is 561 g/mol. The van der Waals surface area contributed by atoms with Gasteiger partial charge in [-0.3, -0.25) is 9.69 Å². The van der Waals surface area contributed by atoms with Gasteiger partial charge in [0, 0.05) is 42.3 Å². The van der Waals surface area contributed by atoms with Crippen molar-refractivity contribution in [2.45, 2.75) is 105 Å². The molecule has 0 amide bonds. The number of rotatable bonds is 10. The first kappa shape index (κ1) is 35.1. The van der Waals surface area contributed by atoms with Crippen molar-refractivity contribution in [2.24, 2.45) is 0 Å². The topological polar surface area (TPSA) is 43.8 Å². The van der Waals surface area contributed by atoms with Crippen molar-refractivity contribution < 1.29 is 9.90 Å². The van der Waals surface area contributed by atoms with E-state index in [4.69, 9.17) is 9.90 Å². The fourth-order valence-electron chi connectivity index (χ4n) is 6.03. The highest BCUT2D eigenvalue weighted by Crippen LogP contribution is 2.31. The van der Waals surface area contributed by atoms with Crippen molar-refractivity contribution in [3.63, 3.8) is 0 Å². The number of anilines is 1. The Labute approximate surface area is 270 Å². The minimum Gasteiger partial charge on any atom is -0.483 e. The van der Waals surface area contributed by atoms with Gasteiger partial charge in [-0.1, -0.05) is 88.4 Å². The Morgan fingerprint density at radius 2 is 1.55 bits per heavy atom. The van der Waals surface area contributed by atoms with Gasteiger partial charge in [0.1, 0.15) is 0 Å². The summed E-state index contributed by atoms with van der Waals surface area (Å²) in [6.45, 7) is 18.3. The van der Waals surface area contributed by atoms with Crippen LogP contribution < -0.4 is 4.90 Å². The third-order valence-electron chi connectivity index (χ3n) is 8.59. The third kappa shape index (κ3) is 9.30. The van der Waals surface area contributed by atoms with E-state index in [0.717, 1.165) is 26.1 Å². The Hall–Kier alpha value is -3.41. The first-order valence-electron chi connectivity index (χ1n) is 16.3. The van der Waals surface area contributed by atoms with E-state index >= 15 is 0 Å². The molecule has 0 radical (unpaired) electrons. The molecule has 0 fully saturated rings. The molecule has 4 nitrogen and oxygen atoms in total. The summed E-state index contributed by atoms with van der Waals surface area (Å²) < 4.78 is 0. The van der Waals surface area contributed by atoms with Crippen molar-refractivity contribution in [1.82, 2.24) is 4.90 Å². The van der Waals surface area contributed by atoms with Crippen molar-refractivity contribution >= 4 is 23.5 Å². The van der Waals surface area contributed by atoms with E-state index in [1.54, 1.807) is 0 Å². The van der Waals surface area contributed by atoms with Gasteiger partial charge in [-0.15, -0.1) is 11.3 Å². The SMILES string of the molecule is CC.CCC(CC)c1ccc(N(Cc2ccc(-c3csc(CN4Cc5ccccc5CC4C)c3)cc2)C(C)C)cc1.O=CO. The van der Waals surface area contributed by atoms with Crippen molar-refractivity contribution in [2.75, 3.05) is 4.90 Å². The summed E-state index contributed by atoms with van der Waals surface area (Å²) in [5, 5.41) is 9.22. The number of hydrogen-bond donors (Lipinski definition) is 1. The van der Waals surface area contributed by atoms with Crippen LogP contribution in [0, 0.1) is 0 Å². The molecule has 2 heterocycles. The molecular formula is C39H52N2O2S. The smallest absolute Gasteiger partial charge is 0.290 e. The van der Waals surface area contributed by atoms with Crippen LogP contribution >= 0.6 is 11.3 Å². The zero-order valence-corrected chi connectivity index (χ0v) is 28.6. The molecule has 0 saturated heterocycles. The molecule has 4 aromatic rings. The fourth-order valence-corrected chi connectivity index (χ4v) is 6.95. The zero-order chi connectivity index (χ0) is 32.1. The third-order valence-corrected chi connectivity index (χ3v) is 9.51. The van der Waals surface area contributed by atoms with E-state index in [0.29, 0.717) is 18.0 Å². The summed E-state index contributed by atoms with van der Waals surface area (Å²) in [4.78, 5) is 14.9. The lowest BCUT2D eigenvalue weighted by atomic mass is 9.94. The number of thiophene rings is 1. The van der Waals surface area contributed by atoms with Crippen molar-refractivity contribution in [1.29, 1.82) is 0 Å². The van der Waals surface area contributed by atoms with Crippen LogP contribution in [-0.4, -0.2) is 28.6 Å². The second-order valence-corrected chi connectivity index (χ2v) is 12.7. The lowest BCUT2D eigenvalue weighted by Crippen LogP contribution is -2.37. The van der Waals surface area contributed by atoms with Crippen LogP contribution in [0.1, 0.15) is 94.4 Å². The maximum Gasteiger partial charge on any atom is 0.290 e. The molecule has 1 unspecified atom stereocenters. The number of nitrogens with zero attached hydrogens (tertiary/aromatic N) is 2. The number of carbonyl (C=O) groups is 1. The summed E-state index contributed by atoms with van der Waals surface area (Å²) in [6.07, 6.45) is 3.55. The molecule has 5 heteroatoms. The van der Waals surface area contributed by atoms with Gasteiger partial charge in [-0.05, 0) is 103 Å². The van der Waals surface area contributed by atoms with Crippen LogP contribution in [0.15, 0.2) is 84.2 Å². The maximum absolute atomic E-state index is 8.36. The van der Waals surface area contributed by atoms with Gasteiger partial charge < -0.3 is 10.0 Å². The van der Waals surface area contributed by atoms with Gasteiger partial charge in [0.2, 0.25) is 0 Å². The molecule has 1 aromatic heterocycles. The Morgan fingerprint density at radius 1 is 0.932 bits per heavy atom. The Morgan fingerprint density at radius 3 is 2.14 bits per heavy atom. The van der Waals surface area contributed by atoms with Gasteiger partial charge in [0.15, 0.2) is 0 Å². The Kier molecular flexibility index (Phi) is 14.2. The number of fused-ring (bicyclic) bond motifs is 1. The number of hydrogen-bond acceptors (Lipinski definition) is 4. The highest BCUT2D eigenvalue weighted by molar-refractivity contribution is 7.10. The van der Waals surface area contributed by atoms with Gasteiger partial charge >= 0.3 is 0 Å². The molecule has 0 aliphatic carbocycles. The lowest BCUT2D eigenvalue weighted by Gasteiger charge is -2.34. The highest BCUT2D eigenvalue weighted by atomic mass is 32.1. The van der Waals surface area contributed by atoms with Gasteiger partial charge in [-0.25, -0.2) is 0 Å². The second kappa shape index (κ2) is 17.8. The van der Waals surface area contributed by atoms with E-state index in [1.807, 2.05) is 25.2 Å². The van der Waals surface area contributed by atoms with Crippen LogP contribution in [-0.2, 0) is 30.8 Å². The summed E-state index contributed by atoms with van der Waals surface area (Å²) >= 11 is 1.89. The molecule has 1 N–H and O–H groups in total. The molecule has 44 heavy (non-hydrogen) atoms. The molecule has 5 rings (SSSR count). The lowest BCUT2D eigenvalue weighted by molar-refractivity contribution is -0.122. The minimum absolute atomic E-state index is 0.250. The molecule has 3 aromatic carbocycles. The molecule has 1 aliphatic rings. The summed E-state index contributed by atoms with van der Waals surface area (Å²) in [6, 6.07) is 30.9. The molecule has 1 atom stereocenters. The van der Waals surface area contributed by atoms with Crippen molar-refractivity contribution in [3.8, 4) is 11.1 Å². The first-order chi connectivity index (χ1) is 21.4. The Bertz CT molecular complexity index is 1390. The van der Waals surface area contributed by atoms with Crippen LogP contribution in [0.25, 0.3) is 11.1 Å². The van der Waals surface area contributed by atoms with Gasteiger partial charge in [0.25, 0.3) is 6.47 Å². The molecule has 1 aliphatic heterocycles. The standard InChI is InChI=1S/C36H44N2S.C2H6.CH2O2/c1-6-29(7-2)30-16-18-35(19-17-30)38(26(3)4)22-28-12-14-31(15-13-28)34-21-36(39-25-34)24-37-23-33-11-9-8-10-32(33)20-27(37)5;1-2;2-1-3/h8-19,21,25-27,29H,6-7,20,22-24H2,1-5H3;1-2H3;1H,(H,2,3).